The van der Waals surface area contributed by atoms with Gasteiger partial charge in [-0.3, -0.25) is 0 Å². The van der Waals surface area contributed by atoms with E-state index in [0.717, 1.165) is 22.0 Å². The topological polar surface area (TPSA) is 32.3 Å². The van der Waals surface area contributed by atoms with Gasteiger partial charge in [0, 0.05) is 23.5 Å². The lowest BCUT2D eigenvalue weighted by atomic mass is 10.1. The van der Waals surface area contributed by atoms with E-state index in [-0.39, 0.29) is 0 Å². The Morgan fingerprint density at radius 2 is 2.06 bits per heavy atom. The van der Waals surface area contributed by atoms with E-state index < -0.39 is 0 Å². The molecular weight excluding hydrogens is 254 g/mol. The number of aryl methyl sites for hydroxylation is 1. The summed E-state index contributed by atoms with van der Waals surface area (Å²) in [6.07, 6.45) is 0. The van der Waals surface area contributed by atoms with Crippen molar-refractivity contribution in [1.29, 1.82) is 0 Å². The summed E-state index contributed by atoms with van der Waals surface area (Å²) in [4.78, 5) is 1.20. The van der Waals surface area contributed by atoms with Crippen LogP contribution in [0.5, 0.6) is 5.75 Å². The Morgan fingerprint density at radius 3 is 2.76 bits per heavy atom. The quantitative estimate of drug-likeness (QED) is 0.885. The third-order valence-corrected chi connectivity index (χ3v) is 3.71. The van der Waals surface area contributed by atoms with Gasteiger partial charge >= 0.3 is 0 Å². The predicted molar refractivity (Wildman–Crippen MR) is 72.7 cm³/mol. The monoisotopic (exact) mass is 267 g/mol. The summed E-state index contributed by atoms with van der Waals surface area (Å²) in [6, 6.07) is 9.53. The lowest BCUT2D eigenvalue weighted by Gasteiger charge is -2.06. The van der Waals surface area contributed by atoms with Crippen LogP contribution in [0.3, 0.4) is 0 Å². The summed E-state index contributed by atoms with van der Waals surface area (Å²) in [5.41, 5.74) is 2.08. The highest BCUT2D eigenvalue weighted by Gasteiger charge is 2.02. The Labute approximate surface area is 110 Å². The average molecular weight is 268 g/mol. The molecule has 2 aromatic rings. The van der Waals surface area contributed by atoms with Crippen LogP contribution in [-0.2, 0) is 13.1 Å². The van der Waals surface area contributed by atoms with Crippen molar-refractivity contribution in [3.8, 4) is 5.75 Å². The highest BCUT2D eigenvalue weighted by molar-refractivity contribution is 7.16. The van der Waals surface area contributed by atoms with Gasteiger partial charge in [0.05, 0.1) is 4.34 Å². The van der Waals surface area contributed by atoms with Gasteiger partial charge in [-0.05, 0) is 25.1 Å². The maximum absolute atomic E-state index is 9.68. The van der Waals surface area contributed by atoms with E-state index in [9.17, 15) is 5.11 Å². The van der Waals surface area contributed by atoms with Gasteiger partial charge < -0.3 is 10.4 Å². The van der Waals surface area contributed by atoms with Crippen molar-refractivity contribution in [2.45, 2.75) is 20.0 Å². The van der Waals surface area contributed by atoms with Crippen molar-refractivity contribution in [2.75, 3.05) is 0 Å². The number of hydrogen-bond donors (Lipinski definition) is 2. The van der Waals surface area contributed by atoms with E-state index in [4.69, 9.17) is 11.6 Å². The Bertz CT molecular complexity index is 510. The van der Waals surface area contributed by atoms with Crippen LogP contribution in [0.4, 0.5) is 0 Å². The van der Waals surface area contributed by atoms with E-state index in [1.54, 1.807) is 17.4 Å². The van der Waals surface area contributed by atoms with E-state index >= 15 is 0 Å². The first kappa shape index (κ1) is 12.4. The second kappa shape index (κ2) is 5.54. The Balaban J connectivity index is 1.91. The summed E-state index contributed by atoms with van der Waals surface area (Å²) in [6.45, 7) is 3.44. The summed E-state index contributed by atoms with van der Waals surface area (Å²) < 4.78 is 0.806. The molecule has 0 unspecified atom stereocenters. The maximum Gasteiger partial charge on any atom is 0.120 e. The number of nitrogens with one attached hydrogen (secondary N) is 1. The molecule has 2 rings (SSSR count). The van der Waals surface area contributed by atoms with Crippen molar-refractivity contribution >= 4 is 22.9 Å². The molecule has 0 aliphatic rings. The zero-order valence-electron chi connectivity index (χ0n) is 9.53. The minimum absolute atomic E-state index is 0.340. The highest BCUT2D eigenvalue weighted by Crippen LogP contribution is 2.22. The molecule has 2 nitrogen and oxygen atoms in total. The molecule has 0 radical (unpaired) electrons. The number of phenols is 1. The highest BCUT2D eigenvalue weighted by atomic mass is 35.5. The standard InChI is InChI=1S/C13H14ClNOS/c1-9-2-4-12(16)10(6-9)7-15-8-11-3-5-13(14)17-11/h2-6,15-16H,7-8H2,1H3. The van der Waals surface area contributed by atoms with Gasteiger partial charge in [0.25, 0.3) is 0 Å². The van der Waals surface area contributed by atoms with Crippen LogP contribution in [0, 0.1) is 6.92 Å². The number of benzene rings is 1. The molecule has 2 N–H and O–H groups in total. The largest absolute Gasteiger partial charge is 0.508 e. The van der Waals surface area contributed by atoms with E-state index in [1.165, 1.54) is 4.88 Å². The van der Waals surface area contributed by atoms with Crippen molar-refractivity contribution in [1.82, 2.24) is 5.32 Å². The van der Waals surface area contributed by atoms with E-state index in [0.29, 0.717) is 12.3 Å². The summed E-state index contributed by atoms with van der Waals surface area (Å²) in [7, 11) is 0. The summed E-state index contributed by atoms with van der Waals surface area (Å²) in [5.74, 6) is 0.340. The van der Waals surface area contributed by atoms with Crippen LogP contribution in [0.1, 0.15) is 16.0 Å². The molecule has 0 amide bonds. The van der Waals surface area contributed by atoms with E-state index in [2.05, 4.69) is 5.32 Å². The lowest BCUT2D eigenvalue weighted by Crippen LogP contribution is -2.11. The van der Waals surface area contributed by atoms with Gasteiger partial charge in [-0.2, -0.15) is 0 Å². The maximum atomic E-state index is 9.68. The predicted octanol–water partition coefficient (Wildman–Crippen LogP) is 3.71. The molecule has 0 spiro atoms. The average Bonchev–Trinajstić information content (AvgIpc) is 2.69. The fourth-order valence-corrected chi connectivity index (χ4v) is 2.68. The van der Waals surface area contributed by atoms with Crippen LogP contribution in [0.15, 0.2) is 30.3 Å². The zero-order valence-corrected chi connectivity index (χ0v) is 11.1. The van der Waals surface area contributed by atoms with Crippen molar-refractivity contribution in [3.05, 3.63) is 50.7 Å². The minimum atomic E-state index is 0.340. The minimum Gasteiger partial charge on any atom is -0.508 e. The molecule has 17 heavy (non-hydrogen) atoms. The van der Waals surface area contributed by atoms with Crippen LogP contribution in [0.25, 0.3) is 0 Å². The molecule has 1 heterocycles. The smallest absolute Gasteiger partial charge is 0.120 e. The third-order valence-electron chi connectivity index (χ3n) is 2.48. The number of rotatable bonds is 4. The van der Waals surface area contributed by atoms with Crippen molar-refractivity contribution < 1.29 is 5.11 Å². The number of aromatic hydroxyl groups is 1. The first-order valence-electron chi connectivity index (χ1n) is 5.38. The van der Waals surface area contributed by atoms with Gasteiger partial charge in [0.1, 0.15) is 5.75 Å². The molecule has 0 atom stereocenters. The van der Waals surface area contributed by atoms with Gasteiger partial charge in [-0.15, -0.1) is 11.3 Å². The molecule has 0 bridgehead atoms. The van der Waals surface area contributed by atoms with Gasteiger partial charge in [-0.25, -0.2) is 0 Å². The summed E-state index contributed by atoms with van der Waals surface area (Å²) >= 11 is 7.42. The van der Waals surface area contributed by atoms with E-state index in [1.807, 2.05) is 31.2 Å². The Kier molecular flexibility index (Phi) is 4.05. The van der Waals surface area contributed by atoms with Crippen molar-refractivity contribution in [3.63, 3.8) is 0 Å². The number of halogens is 1. The molecule has 0 aliphatic carbocycles. The molecular formula is C13H14ClNOS. The zero-order chi connectivity index (χ0) is 12.3. The van der Waals surface area contributed by atoms with Crippen molar-refractivity contribution in [2.24, 2.45) is 0 Å². The van der Waals surface area contributed by atoms with Crippen LogP contribution < -0.4 is 5.32 Å². The molecule has 1 aromatic carbocycles. The number of thiophene rings is 1. The second-order valence-electron chi connectivity index (χ2n) is 3.94. The van der Waals surface area contributed by atoms with Crippen LogP contribution in [-0.4, -0.2) is 5.11 Å². The molecule has 90 valence electrons. The number of phenolic OH excluding ortho intramolecular Hbond substituents is 1. The number of hydrogen-bond acceptors (Lipinski definition) is 3. The fraction of sp³-hybridized carbons (Fsp3) is 0.231. The fourth-order valence-electron chi connectivity index (χ4n) is 1.62. The SMILES string of the molecule is Cc1ccc(O)c(CNCc2ccc(Cl)s2)c1. The van der Waals surface area contributed by atoms with Gasteiger partial charge in [0.15, 0.2) is 0 Å². The summed E-state index contributed by atoms with van der Waals surface area (Å²) in [5, 5.41) is 13.0. The Morgan fingerprint density at radius 1 is 1.24 bits per heavy atom. The lowest BCUT2D eigenvalue weighted by molar-refractivity contribution is 0.464. The first-order chi connectivity index (χ1) is 8.15. The second-order valence-corrected chi connectivity index (χ2v) is 5.74. The van der Waals surface area contributed by atoms with Gasteiger partial charge in [-0.1, -0.05) is 29.3 Å². The first-order valence-corrected chi connectivity index (χ1v) is 6.58. The molecule has 0 fully saturated rings. The molecule has 0 saturated carbocycles. The normalized spacial score (nSPS) is 10.7. The van der Waals surface area contributed by atoms with Crippen LogP contribution in [0.2, 0.25) is 4.34 Å². The third kappa shape index (κ3) is 3.46. The molecule has 4 heteroatoms. The molecule has 1 aromatic heterocycles. The van der Waals surface area contributed by atoms with Gasteiger partial charge in [0.2, 0.25) is 0 Å². The molecule has 0 saturated heterocycles. The Hall–Kier alpha value is -1.03. The van der Waals surface area contributed by atoms with Crippen LogP contribution >= 0.6 is 22.9 Å². The molecule has 0 aliphatic heterocycles.